The van der Waals surface area contributed by atoms with Crippen molar-refractivity contribution in [3.8, 4) is 0 Å². The van der Waals surface area contributed by atoms with E-state index in [1.165, 1.54) is 19.2 Å². The number of carbonyl (C=O) groups is 1. The maximum atomic E-state index is 13.1. The molecule has 106 valence electrons. The largest absolute Gasteiger partial charge is 0.463 e. The molecule has 1 heterocycles. The van der Waals surface area contributed by atoms with E-state index in [9.17, 15) is 18.0 Å². The van der Waals surface area contributed by atoms with Gasteiger partial charge in [-0.25, -0.2) is 18.0 Å². The van der Waals surface area contributed by atoms with Crippen molar-refractivity contribution in [2.24, 2.45) is 5.73 Å². The molecule has 2 aromatic rings. The molecule has 0 aliphatic carbocycles. The zero-order valence-corrected chi connectivity index (χ0v) is 10.3. The first-order valence-corrected chi connectivity index (χ1v) is 5.52. The zero-order chi connectivity index (χ0) is 14.9. The average molecular weight is 285 g/mol. The summed E-state index contributed by atoms with van der Waals surface area (Å²) in [5.74, 6) is -4.99. The second kappa shape index (κ2) is 5.38. The summed E-state index contributed by atoms with van der Waals surface area (Å²) in [4.78, 5) is 11.2. The molecular formula is C13H10F3NO3. The van der Waals surface area contributed by atoms with Crippen molar-refractivity contribution in [2.45, 2.75) is 6.04 Å². The fourth-order valence-corrected chi connectivity index (χ4v) is 1.65. The predicted molar refractivity (Wildman–Crippen MR) is 62.4 cm³/mol. The van der Waals surface area contributed by atoms with Gasteiger partial charge in [-0.3, -0.25) is 0 Å². The number of benzene rings is 1. The lowest BCUT2D eigenvalue weighted by atomic mass is 10.1. The van der Waals surface area contributed by atoms with E-state index in [1.54, 1.807) is 0 Å². The van der Waals surface area contributed by atoms with Crippen LogP contribution in [0.5, 0.6) is 0 Å². The summed E-state index contributed by atoms with van der Waals surface area (Å²) in [7, 11) is 1.18. The first-order valence-electron chi connectivity index (χ1n) is 5.52. The molecule has 1 atom stereocenters. The highest BCUT2D eigenvalue weighted by Crippen LogP contribution is 2.24. The van der Waals surface area contributed by atoms with Gasteiger partial charge in [-0.05, 0) is 29.8 Å². The number of ether oxygens (including phenoxy) is 1. The van der Waals surface area contributed by atoms with E-state index in [2.05, 4.69) is 4.74 Å². The molecule has 7 heteroatoms. The van der Waals surface area contributed by atoms with Gasteiger partial charge in [-0.1, -0.05) is 0 Å². The molecule has 0 fully saturated rings. The highest BCUT2D eigenvalue weighted by Gasteiger charge is 2.20. The molecule has 20 heavy (non-hydrogen) atoms. The van der Waals surface area contributed by atoms with Crippen LogP contribution in [-0.2, 0) is 4.74 Å². The van der Waals surface area contributed by atoms with Gasteiger partial charge in [0.05, 0.1) is 13.2 Å². The molecule has 2 N–H and O–H groups in total. The Morgan fingerprint density at radius 2 is 1.85 bits per heavy atom. The third-order valence-corrected chi connectivity index (χ3v) is 2.69. The topological polar surface area (TPSA) is 65.5 Å². The lowest BCUT2D eigenvalue weighted by Gasteiger charge is -2.10. The van der Waals surface area contributed by atoms with Crippen molar-refractivity contribution in [2.75, 3.05) is 7.11 Å². The van der Waals surface area contributed by atoms with Gasteiger partial charge in [0.2, 0.25) is 5.76 Å². The van der Waals surface area contributed by atoms with Crippen molar-refractivity contribution >= 4 is 5.97 Å². The normalized spacial score (nSPS) is 12.2. The first-order chi connectivity index (χ1) is 9.43. The first kappa shape index (κ1) is 14.1. The number of nitrogens with two attached hydrogens (primary N) is 1. The molecule has 1 aromatic heterocycles. The fraction of sp³-hybridized carbons (Fsp3) is 0.154. The molecule has 0 aliphatic rings. The van der Waals surface area contributed by atoms with Gasteiger partial charge in [0, 0.05) is 0 Å². The number of carbonyl (C=O) groups excluding carboxylic acids is 1. The molecule has 0 spiro atoms. The molecule has 4 nitrogen and oxygen atoms in total. The Kier molecular flexibility index (Phi) is 3.80. The summed E-state index contributed by atoms with van der Waals surface area (Å²) in [5, 5.41) is 0. The van der Waals surface area contributed by atoms with E-state index in [0.29, 0.717) is 0 Å². The number of esters is 1. The quantitative estimate of drug-likeness (QED) is 0.695. The highest BCUT2D eigenvalue weighted by molar-refractivity contribution is 5.86. The molecule has 0 amide bonds. The third-order valence-electron chi connectivity index (χ3n) is 2.69. The Morgan fingerprint density at radius 1 is 1.25 bits per heavy atom. The standard InChI is InChI=1S/C13H10F3NO3/c1-19-13(18)10-3-2-9(20-10)12(17)6-4-7(14)11(16)8(15)5-6/h2-5,12H,17H2,1H3. The average Bonchev–Trinajstić information content (AvgIpc) is 2.92. The molecule has 0 bridgehead atoms. The minimum atomic E-state index is -1.57. The van der Waals surface area contributed by atoms with Crippen molar-refractivity contribution in [3.05, 3.63) is 58.8 Å². The van der Waals surface area contributed by atoms with Crippen LogP contribution in [0.2, 0.25) is 0 Å². The summed E-state index contributed by atoms with van der Waals surface area (Å²) in [6.07, 6.45) is 0. The monoisotopic (exact) mass is 285 g/mol. The van der Waals surface area contributed by atoms with E-state index in [4.69, 9.17) is 10.2 Å². The number of hydrogen-bond donors (Lipinski definition) is 1. The second-order valence-electron chi connectivity index (χ2n) is 3.97. The fourth-order valence-electron chi connectivity index (χ4n) is 1.65. The smallest absolute Gasteiger partial charge is 0.373 e. The van der Waals surface area contributed by atoms with Crippen molar-refractivity contribution in [1.82, 2.24) is 0 Å². The van der Waals surface area contributed by atoms with Crippen LogP contribution in [0, 0.1) is 17.5 Å². The molecule has 1 aromatic carbocycles. The number of rotatable bonds is 3. The van der Waals surface area contributed by atoms with Crippen LogP contribution in [0.25, 0.3) is 0 Å². The summed E-state index contributed by atoms with van der Waals surface area (Å²) < 4.78 is 48.7. The maximum Gasteiger partial charge on any atom is 0.373 e. The van der Waals surface area contributed by atoms with Gasteiger partial charge in [0.25, 0.3) is 0 Å². The van der Waals surface area contributed by atoms with E-state index in [0.717, 1.165) is 12.1 Å². The third kappa shape index (κ3) is 2.53. The molecule has 0 aliphatic heterocycles. The van der Waals surface area contributed by atoms with Gasteiger partial charge in [-0.15, -0.1) is 0 Å². The van der Waals surface area contributed by atoms with Crippen LogP contribution in [0.3, 0.4) is 0 Å². The van der Waals surface area contributed by atoms with Crippen LogP contribution in [0.4, 0.5) is 13.2 Å². The Hall–Kier alpha value is -2.28. The second-order valence-corrected chi connectivity index (χ2v) is 3.97. The van der Waals surface area contributed by atoms with Crippen LogP contribution in [0.1, 0.15) is 27.9 Å². The van der Waals surface area contributed by atoms with Gasteiger partial charge in [0.15, 0.2) is 17.5 Å². The lowest BCUT2D eigenvalue weighted by Crippen LogP contribution is -2.12. The summed E-state index contributed by atoms with van der Waals surface area (Å²) >= 11 is 0. The molecule has 1 unspecified atom stereocenters. The molecule has 0 saturated heterocycles. The van der Waals surface area contributed by atoms with Crippen LogP contribution in [0.15, 0.2) is 28.7 Å². The Morgan fingerprint density at radius 3 is 2.40 bits per heavy atom. The number of methoxy groups -OCH3 is 1. The van der Waals surface area contributed by atoms with E-state index in [-0.39, 0.29) is 17.1 Å². The van der Waals surface area contributed by atoms with E-state index < -0.39 is 29.5 Å². The SMILES string of the molecule is COC(=O)c1ccc(C(N)c2cc(F)c(F)c(F)c2)o1. The van der Waals surface area contributed by atoms with Crippen LogP contribution in [-0.4, -0.2) is 13.1 Å². The highest BCUT2D eigenvalue weighted by atomic mass is 19.2. The van der Waals surface area contributed by atoms with Crippen LogP contribution < -0.4 is 5.73 Å². The summed E-state index contributed by atoms with van der Waals surface area (Å²) in [5.41, 5.74) is 5.74. The molecule has 0 radical (unpaired) electrons. The Bertz CT molecular complexity index is 631. The van der Waals surface area contributed by atoms with Gasteiger partial charge in [0.1, 0.15) is 5.76 Å². The van der Waals surface area contributed by atoms with Gasteiger partial charge in [-0.2, -0.15) is 0 Å². The minimum Gasteiger partial charge on any atom is -0.463 e. The van der Waals surface area contributed by atoms with Crippen molar-refractivity contribution < 1.29 is 27.1 Å². The van der Waals surface area contributed by atoms with Gasteiger partial charge < -0.3 is 14.9 Å². The predicted octanol–water partition coefficient (Wildman–Crippen LogP) is 2.53. The van der Waals surface area contributed by atoms with Crippen LogP contribution >= 0.6 is 0 Å². The maximum absolute atomic E-state index is 13.1. The molecular weight excluding hydrogens is 275 g/mol. The Labute approximate surface area is 111 Å². The molecule has 0 saturated carbocycles. The van der Waals surface area contributed by atoms with Crippen molar-refractivity contribution in [1.29, 1.82) is 0 Å². The Balaban J connectivity index is 2.34. The number of hydrogen-bond acceptors (Lipinski definition) is 4. The lowest BCUT2D eigenvalue weighted by molar-refractivity contribution is 0.0562. The van der Waals surface area contributed by atoms with E-state index >= 15 is 0 Å². The summed E-state index contributed by atoms with van der Waals surface area (Å²) in [6, 6.07) is 3.18. The minimum absolute atomic E-state index is 0.0211. The van der Waals surface area contributed by atoms with Crippen molar-refractivity contribution in [3.63, 3.8) is 0 Å². The number of furan rings is 1. The number of halogens is 3. The summed E-state index contributed by atoms with van der Waals surface area (Å²) in [6.45, 7) is 0. The molecule has 2 rings (SSSR count). The van der Waals surface area contributed by atoms with E-state index in [1.807, 2.05) is 0 Å². The van der Waals surface area contributed by atoms with Gasteiger partial charge >= 0.3 is 5.97 Å². The zero-order valence-electron chi connectivity index (χ0n) is 10.3.